The molecule has 1 N–H and O–H groups in total. The van der Waals surface area contributed by atoms with Crippen molar-refractivity contribution in [3.8, 4) is 0 Å². The Morgan fingerprint density at radius 2 is 2.00 bits per heavy atom. The molecule has 0 aliphatic heterocycles. The maximum Gasteiger partial charge on any atom is 0.178 e. The first kappa shape index (κ1) is 21.2. The molecule has 3 saturated carbocycles. The van der Waals surface area contributed by atoms with Crippen LogP contribution in [0.15, 0.2) is 23.8 Å². The number of hydrogen-bond donors (Lipinski definition) is 1. The van der Waals surface area contributed by atoms with Gasteiger partial charge in [0.1, 0.15) is 0 Å². The van der Waals surface area contributed by atoms with Gasteiger partial charge < -0.3 is 5.11 Å². The van der Waals surface area contributed by atoms with Crippen LogP contribution in [0.3, 0.4) is 0 Å². The molecule has 160 valence electrons. The van der Waals surface area contributed by atoms with Gasteiger partial charge in [0.25, 0.3) is 0 Å². The van der Waals surface area contributed by atoms with Gasteiger partial charge in [-0.05, 0) is 62.0 Å². The zero-order valence-corrected chi connectivity index (χ0v) is 18.6. The molecule has 4 aliphatic rings. The minimum atomic E-state index is -1.84. The number of fused-ring (bicyclic) bond motifs is 5. The number of aliphatic hydroxyl groups excluding tert-OH is 1. The molecule has 0 radical (unpaired) electrons. The summed E-state index contributed by atoms with van der Waals surface area (Å²) in [7, 11) is 0. The molecule has 29 heavy (non-hydrogen) atoms. The third-order valence-corrected chi connectivity index (χ3v) is 10.0. The lowest BCUT2D eigenvalue weighted by atomic mass is 9.43. The summed E-state index contributed by atoms with van der Waals surface area (Å²) in [6, 6.07) is 0. The predicted octanol–water partition coefficient (Wildman–Crippen LogP) is 4.81. The zero-order chi connectivity index (χ0) is 21.4. The van der Waals surface area contributed by atoms with Crippen molar-refractivity contribution in [2.75, 3.05) is 5.88 Å². The molecular weight excluding hydrogens is 391 g/mol. The first-order valence-electron chi connectivity index (χ1n) is 10.9. The minimum absolute atomic E-state index is 0.00224. The number of Topliss-reactive ketones (excluding diaryl/α,β-unsaturated/α-hetero) is 1. The molecule has 0 heterocycles. The van der Waals surface area contributed by atoms with Gasteiger partial charge in [-0.15, -0.1) is 11.6 Å². The Morgan fingerprint density at radius 1 is 1.31 bits per heavy atom. The Bertz CT molecular complexity index is 821. The molecule has 0 bridgehead atoms. The number of halogens is 2. The van der Waals surface area contributed by atoms with Gasteiger partial charge in [0.05, 0.1) is 12.0 Å². The van der Waals surface area contributed by atoms with E-state index in [9.17, 15) is 14.7 Å². The summed E-state index contributed by atoms with van der Waals surface area (Å²) in [5.74, 6) is -0.363. The van der Waals surface area contributed by atoms with Gasteiger partial charge in [0.2, 0.25) is 0 Å². The van der Waals surface area contributed by atoms with Crippen molar-refractivity contribution in [2.24, 2.45) is 34.0 Å². The highest BCUT2D eigenvalue weighted by Crippen LogP contribution is 2.73. The van der Waals surface area contributed by atoms with E-state index in [0.717, 1.165) is 18.4 Å². The normalized spacial score (nSPS) is 51.1. The Labute approximate surface area is 177 Å². The highest BCUT2D eigenvalue weighted by Gasteiger charge is 2.74. The van der Waals surface area contributed by atoms with Crippen LogP contribution >= 0.6 is 11.6 Å². The Morgan fingerprint density at radius 3 is 2.62 bits per heavy atom. The number of rotatable bonds is 3. The topological polar surface area (TPSA) is 54.4 Å². The summed E-state index contributed by atoms with van der Waals surface area (Å²) in [4.78, 5) is 25.0. The van der Waals surface area contributed by atoms with Gasteiger partial charge in [-0.1, -0.05) is 38.8 Å². The van der Waals surface area contributed by atoms with Gasteiger partial charge in [-0.25, -0.2) is 4.39 Å². The standard InChI is InChI=1S/C24H32ClFO3/c1-5-14-11-18-17-7-6-15-10-16(27)8-9-21(15,2)24(17,26)19(28)12-22(18,3)23(14,4)20(29)13-25/h8-10,14,17-19,28H,5-7,11-13H2,1-4H3/t14?,17-,18-,19?,21-,22-,23+,24-/m0/s1. The Hall–Kier alpha value is -1.00. The van der Waals surface area contributed by atoms with Crippen LogP contribution < -0.4 is 0 Å². The van der Waals surface area contributed by atoms with Gasteiger partial charge in [0.15, 0.2) is 17.2 Å². The molecule has 0 spiro atoms. The second-order valence-corrected chi connectivity index (χ2v) is 10.6. The van der Waals surface area contributed by atoms with Gasteiger partial charge >= 0.3 is 0 Å². The van der Waals surface area contributed by atoms with E-state index in [4.69, 9.17) is 11.6 Å². The fourth-order valence-corrected chi connectivity index (χ4v) is 8.14. The van der Waals surface area contributed by atoms with E-state index in [1.807, 2.05) is 13.8 Å². The van der Waals surface area contributed by atoms with Crippen molar-refractivity contribution in [1.82, 2.24) is 0 Å². The van der Waals surface area contributed by atoms with Crippen LogP contribution in [0.2, 0.25) is 0 Å². The van der Waals surface area contributed by atoms with E-state index >= 15 is 4.39 Å². The first-order chi connectivity index (χ1) is 13.5. The van der Waals surface area contributed by atoms with E-state index in [1.165, 1.54) is 6.08 Å². The highest BCUT2D eigenvalue weighted by atomic mass is 35.5. The maximum atomic E-state index is 17.1. The van der Waals surface area contributed by atoms with E-state index < -0.39 is 28.0 Å². The SMILES string of the molecule is CCC1C[C@H]2[C@@H]3CCC4=CC(=O)C=C[C@]4(C)[C@@]3(F)C(O)C[C@]2(C)[C@@]1(C)C(=O)CCl. The molecule has 3 nitrogen and oxygen atoms in total. The summed E-state index contributed by atoms with van der Waals surface area (Å²) >= 11 is 6.03. The second-order valence-electron chi connectivity index (χ2n) is 10.4. The molecule has 0 aromatic carbocycles. The van der Waals surface area contributed by atoms with Crippen LogP contribution in [0.25, 0.3) is 0 Å². The third-order valence-electron chi connectivity index (χ3n) is 9.77. The van der Waals surface area contributed by atoms with Gasteiger partial charge in [-0.2, -0.15) is 0 Å². The molecule has 4 rings (SSSR count). The summed E-state index contributed by atoms with van der Waals surface area (Å²) in [5.41, 5.74) is -3.19. The number of carbonyl (C=O) groups excluding carboxylic acids is 2. The third kappa shape index (κ3) is 2.34. The summed E-state index contributed by atoms with van der Waals surface area (Å²) < 4.78 is 17.1. The monoisotopic (exact) mass is 422 g/mol. The van der Waals surface area contributed by atoms with Crippen molar-refractivity contribution in [3.05, 3.63) is 23.8 Å². The molecule has 0 aromatic heterocycles. The number of carbonyl (C=O) groups is 2. The molecule has 4 aliphatic carbocycles. The number of aliphatic hydroxyl groups is 1. The van der Waals surface area contributed by atoms with Crippen LogP contribution in [0.5, 0.6) is 0 Å². The first-order valence-corrected chi connectivity index (χ1v) is 11.4. The lowest BCUT2D eigenvalue weighted by molar-refractivity contribution is -0.204. The zero-order valence-electron chi connectivity index (χ0n) is 17.8. The minimum Gasteiger partial charge on any atom is -0.390 e. The molecule has 3 fully saturated rings. The van der Waals surface area contributed by atoms with Gasteiger partial charge in [0, 0.05) is 16.7 Å². The predicted molar refractivity (Wildman–Crippen MR) is 111 cm³/mol. The average Bonchev–Trinajstić information content (AvgIpc) is 2.91. The smallest absolute Gasteiger partial charge is 0.178 e. The van der Waals surface area contributed by atoms with Crippen LogP contribution in [-0.2, 0) is 9.59 Å². The molecule has 2 unspecified atom stereocenters. The average molecular weight is 423 g/mol. The molecule has 0 aromatic rings. The Balaban J connectivity index is 1.84. The molecule has 0 amide bonds. The van der Waals surface area contributed by atoms with E-state index in [-0.39, 0.29) is 41.6 Å². The van der Waals surface area contributed by atoms with Crippen molar-refractivity contribution in [3.63, 3.8) is 0 Å². The van der Waals surface area contributed by atoms with Crippen LogP contribution in [0, 0.1) is 34.0 Å². The number of allylic oxidation sites excluding steroid dienone is 4. The number of ketones is 2. The van der Waals surface area contributed by atoms with Crippen molar-refractivity contribution in [2.45, 2.75) is 71.6 Å². The largest absolute Gasteiger partial charge is 0.390 e. The lowest BCUT2D eigenvalue weighted by Crippen LogP contribution is -2.67. The van der Waals surface area contributed by atoms with Gasteiger partial charge in [-0.3, -0.25) is 9.59 Å². The van der Waals surface area contributed by atoms with Crippen LogP contribution in [0.1, 0.15) is 59.8 Å². The molecular formula is C24H32ClFO3. The van der Waals surface area contributed by atoms with Crippen molar-refractivity contribution in [1.29, 1.82) is 0 Å². The number of hydrogen-bond acceptors (Lipinski definition) is 3. The fourth-order valence-electron chi connectivity index (χ4n) is 7.86. The van der Waals surface area contributed by atoms with E-state index in [2.05, 4.69) is 13.8 Å². The van der Waals surface area contributed by atoms with E-state index in [0.29, 0.717) is 12.8 Å². The van der Waals surface area contributed by atoms with Crippen molar-refractivity contribution >= 4 is 23.2 Å². The molecule has 0 saturated heterocycles. The summed E-state index contributed by atoms with van der Waals surface area (Å²) in [6.45, 7) is 7.99. The highest BCUT2D eigenvalue weighted by molar-refractivity contribution is 6.28. The quantitative estimate of drug-likeness (QED) is 0.664. The fraction of sp³-hybridized carbons (Fsp3) is 0.750. The molecule has 5 heteroatoms. The van der Waals surface area contributed by atoms with Crippen LogP contribution in [0.4, 0.5) is 4.39 Å². The van der Waals surface area contributed by atoms with E-state index in [1.54, 1.807) is 12.2 Å². The molecule has 8 atom stereocenters. The maximum absolute atomic E-state index is 17.1. The van der Waals surface area contributed by atoms with Crippen molar-refractivity contribution < 1.29 is 19.1 Å². The van der Waals surface area contributed by atoms with Crippen LogP contribution in [-0.4, -0.2) is 34.3 Å². The summed E-state index contributed by atoms with van der Waals surface area (Å²) in [6.07, 6.45) is 6.59. The second kappa shape index (κ2) is 6.50. The summed E-state index contributed by atoms with van der Waals surface area (Å²) in [5, 5.41) is 11.3. The lowest BCUT2D eigenvalue weighted by Gasteiger charge is -2.63. The number of alkyl halides is 2. The Kier molecular flexibility index (Phi) is 4.76.